The fourth-order valence-corrected chi connectivity index (χ4v) is 4.62. The molecular weight excluding hydrogens is 490 g/mol. The first-order valence-electron chi connectivity index (χ1n) is 10.7. The number of halogens is 4. The van der Waals surface area contributed by atoms with Gasteiger partial charge >= 0.3 is 6.18 Å². The van der Waals surface area contributed by atoms with Crippen LogP contribution in [0.1, 0.15) is 46.8 Å². The fourth-order valence-electron chi connectivity index (χ4n) is 4.03. The van der Waals surface area contributed by atoms with Gasteiger partial charge in [0.05, 0.1) is 22.1 Å². The molecule has 2 aromatic rings. The number of benzene rings is 1. The van der Waals surface area contributed by atoms with Gasteiger partial charge in [-0.1, -0.05) is 12.1 Å². The van der Waals surface area contributed by atoms with Gasteiger partial charge in [0.2, 0.25) is 5.91 Å². The van der Waals surface area contributed by atoms with Crippen LogP contribution in [0.5, 0.6) is 0 Å². The number of carbonyl (C=O) groups is 2. The van der Waals surface area contributed by atoms with Crippen molar-refractivity contribution in [2.24, 2.45) is 0 Å². The number of nitrogens with zero attached hydrogens (tertiary/aromatic N) is 2. The summed E-state index contributed by atoms with van der Waals surface area (Å²) in [6.45, 7) is 0.238. The lowest BCUT2D eigenvalue weighted by Gasteiger charge is -2.26. The van der Waals surface area contributed by atoms with Crippen molar-refractivity contribution < 1.29 is 35.6 Å². The van der Waals surface area contributed by atoms with Crippen LogP contribution in [0.25, 0.3) is 0 Å². The van der Waals surface area contributed by atoms with Crippen LogP contribution in [0, 0.1) is 5.82 Å². The van der Waals surface area contributed by atoms with Crippen molar-refractivity contribution in [3.05, 3.63) is 70.8 Å². The van der Waals surface area contributed by atoms with E-state index in [2.05, 4.69) is 10.3 Å². The molecule has 2 heterocycles. The number of nitrogens with one attached hydrogen (secondary N) is 1. The van der Waals surface area contributed by atoms with Gasteiger partial charge < -0.3 is 10.2 Å². The first-order chi connectivity index (χ1) is 16.4. The fraction of sp³-hybridized carbons (Fsp3) is 0.348. The Morgan fingerprint density at radius 2 is 1.91 bits per heavy atom. The summed E-state index contributed by atoms with van der Waals surface area (Å²) in [6.07, 6.45) is 1.63. The second kappa shape index (κ2) is 9.06. The van der Waals surface area contributed by atoms with Crippen LogP contribution in [-0.2, 0) is 20.8 Å². The van der Waals surface area contributed by atoms with E-state index in [1.807, 2.05) is 0 Å². The molecule has 7 nitrogen and oxygen atoms in total. The molecule has 0 spiro atoms. The predicted octanol–water partition coefficient (Wildman–Crippen LogP) is 3.44. The molecular formula is C23H21F4N3O4S. The third-order valence-corrected chi connectivity index (χ3v) is 7.02. The summed E-state index contributed by atoms with van der Waals surface area (Å²) >= 11 is 0. The third kappa shape index (κ3) is 5.37. The maximum Gasteiger partial charge on any atom is 0.416 e. The minimum Gasteiger partial charge on any atom is -0.344 e. The van der Waals surface area contributed by atoms with Gasteiger partial charge in [0.25, 0.3) is 5.91 Å². The smallest absolute Gasteiger partial charge is 0.344 e. The average Bonchev–Trinajstić information content (AvgIpc) is 3.51. The number of alkyl halides is 3. The van der Waals surface area contributed by atoms with Gasteiger partial charge in [-0.25, -0.2) is 12.8 Å². The molecule has 1 aliphatic carbocycles. The van der Waals surface area contributed by atoms with Crippen molar-refractivity contribution in [1.82, 2.24) is 15.2 Å². The van der Waals surface area contributed by atoms with Crippen molar-refractivity contribution in [3.63, 3.8) is 0 Å². The Morgan fingerprint density at radius 1 is 1.20 bits per heavy atom. The third-order valence-electron chi connectivity index (χ3n) is 5.94. The lowest BCUT2D eigenvalue weighted by Crippen LogP contribution is -2.47. The van der Waals surface area contributed by atoms with Gasteiger partial charge in [0.1, 0.15) is 11.9 Å². The first-order valence-corrected chi connectivity index (χ1v) is 12.6. The summed E-state index contributed by atoms with van der Waals surface area (Å²) in [4.78, 5) is 31.2. The molecule has 1 saturated heterocycles. The van der Waals surface area contributed by atoms with Crippen LogP contribution in [0.2, 0.25) is 0 Å². The van der Waals surface area contributed by atoms with Crippen molar-refractivity contribution in [1.29, 1.82) is 0 Å². The van der Waals surface area contributed by atoms with E-state index >= 15 is 0 Å². The number of carbonyl (C=O) groups excluding carboxylic acids is 2. The van der Waals surface area contributed by atoms with Gasteiger partial charge in [0, 0.05) is 30.8 Å². The Labute approximate surface area is 198 Å². The summed E-state index contributed by atoms with van der Waals surface area (Å²) in [7, 11) is -3.60. The summed E-state index contributed by atoms with van der Waals surface area (Å²) in [5.41, 5.74) is -0.581. The zero-order valence-corrected chi connectivity index (χ0v) is 19.3. The maximum absolute atomic E-state index is 14.6. The minimum atomic E-state index is -4.70. The average molecular weight is 511 g/mol. The largest absolute Gasteiger partial charge is 0.416 e. The number of likely N-dealkylation sites (tertiary alicyclic amines) is 1. The van der Waals surface area contributed by atoms with Gasteiger partial charge in [-0.15, -0.1) is 0 Å². The molecule has 4 rings (SSSR count). The lowest BCUT2D eigenvalue weighted by atomic mass is 10.0. The van der Waals surface area contributed by atoms with E-state index in [9.17, 15) is 35.6 Å². The van der Waals surface area contributed by atoms with E-state index in [4.69, 9.17) is 0 Å². The molecule has 1 aromatic heterocycles. The molecule has 35 heavy (non-hydrogen) atoms. The van der Waals surface area contributed by atoms with Crippen LogP contribution in [0.3, 0.4) is 0 Å². The summed E-state index contributed by atoms with van der Waals surface area (Å²) < 4.78 is 77.0. The number of aromatic nitrogens is 1. The van der Waals surface area contributed by atoms with Crippen molar-refractivity contribution in [2.75, 3.05) is 12.8 Å². The topological polar surface area (TPSA) is 96.4 Å². The summed E-state index contributed by atoms with van der Waals surface area (Å²) in [5.74, 6) is -2.26. The second-order valence-electron chi connectivity index (χ2n) is 8.50. The summed E-state index contributed by atoms with van der Waals surface area (Å²) in [6, 6.07) is 1.47. The van der Waals surface area contributed by atoms with E-state index in [-0.39, 0.29) is 22.6 Å². The van der Waals surface area contributed by atoms with Crippen LogP contribution in [0.4, 0.5) is 17.6 Å². The van der Waals surface area contributed by atoms with E-state index in [1.165, 1.54) is 17.2 Å². The lowest BCUT2D eigenvalue weighted by molar-refractivity contribution is -0.137. The highest BCUT2D eigenvalue weighted by Crippen LogP contribution is 2.37. The number of allylic oxidation sites excluding steroid dienone is 1. The Bertz CT molecular complexity index is 1320. The van der Waals surface area contributed by atoms with Crippen LogP contribution >= 0.6 is 0 Å². The highest BCUT2D eigenvalue weighted by Gasteiger charge is 2.38. The minimum absolute atomic E-state index is 0.00265. The van der Waals surface area contributed by atoms with Gasteiger partial charge in [-0.3, -0.25) is 14.6 Å². The van der Waals surface area contributed by atoms with Gasteiger partial charge in [0.15, 0.2) is 9.84 Å². The number of hydrogen-bond donors (Lipinski definition) is 1. The highest BCUT2D eigenvalue weighted by molar-refractivity contribution is 7.90. The normalized spacial score (nSPS) is 18.7. The van der Waals surface area contributed by atoms with E-state index in [0.29, 0.717) is 30.9 Å². The molecule has 1 aliphatic heterocycles. The quantitative estimate of drug-likeness (QED) is 0.474. The van der Waals surface area contributed by atoms with Crippen molar-refractivity contribution in [2.45, 2.75) is 42.4 Å². The molecule has 2 aliphatic rings. The maximum atomic E-state index is 14.6. The molecule has 0 radical (unpaired) electrons. The number of hydrogen-bond acceptors (Lipinski definition) is 5. The first kappa shape index (κ1) is 24.8. The van der Waals surface area contributed by atoms with E-state index in [0.717, 1.165) is 24.6 Å². The van der Waals surface area contributed by atoms with E-state index in [1.54, 1.807) is 6.08 Å². The number of sulfone groups is 1. The second-order valence-corrected chi connectivity index (χ2v) is 10.5. The Morgan fingerprint density at radius 3 is 2.51 bits per heavy atom. The molecule has 1 aromatic carbocycles. The Hall–Kier alpha value is -3.28. The molecule has 12 heteroatoms. The Kier molecular flexibility index (Phi) is 6.43. The van der Waals surface area contributed by atoms with Crippen LogP contribution < -0.4 is 5.32 Å². The molecule has 2 amide bonds. The SMILES string of the molecule is CS(=O)(=O)c1cncc(C(=O)N2CCC[C@@H]2C(=O)N[C@H](C2=CC2)c2ccc(C(F)(F)F)cc2F)c1. The summed E-state index contributed by atoms with van der Waals surface area (Å²) in [5, 5.41) is 2.67. The molecule has 0 bridgehead atoms. The van der Waals surface area contributed by atoms with Gasteiger partial charge in [-0.2, -0.15) is 13.2 Å². The van der Waals surface area contributed by atoms with Crippen LogP contribution in [0.15, 0.2) is 53.2 Å². The van der Waals surface area contributed by atoms with Gasteiger partial charge in [-0.05, 0) is 43.0 Å². The van der Waals surface area contributed by atoms with Crippen molar-refractivity contribution in [3.8, 4) is 0 Å². The highest BCUT2D eigenvalue weighted by atomic mass is 32.2. The molecule has 2 atom stereocenters. The van der Waals surface area contributed by atoms with Crippen LogP contribution in [-0.4, -0.2) is 49.0 Å². The standard InChI is InChI=1S/C23H21F4N3O4S/c1-35(33,34)16-9-14(11-28-12-16)22(32)30-8-2-3-19(30)21(31)29-20(13-4-5-13)17-7-6-15(10-18(17)24)23(25,26)27/h4,6-7,9-12,19-20H,2-3,5,8H2,1H3,(H,29,31)/t19-,20-/m1/s1. The number of rotatable bonds is 6. The van der Waals surface area contributed by atoms with Crippen molar-refractivity contribution >= 4 is 21.7 Å². The molecule has 1 fully saturated rings. The Balaban J connectivity index is 1.55. The predicted molar refractivity (Wildman–Crippen MR) is 116 cm³/mol. The zero-order valence-electron chi connectivity index (χ0n) is 18.5. The molecule has 186 valence electrons. The molecule has 0 saturated carbocycles. The zero-order chi connectivity index (χ0) is 25.5. The number of amides is 2. The number of pyridine rings is 1. The molecule has 1 N–H and O–H groups in total. The monoisotopic (exact) mass is 511 g/mol. The van der Waals surface area contributed by atoms with E-state index < -0.39 is 51.3 Å². The molecule has 0 unspecified atom stereocenters.